The SMILES string of the molecule is CNC(/C=C(\C)C(N)OC)C(C)(F)F. The van der Waals surface area contributed by atoms with Gasteiger partial charge in [-0.1, -0.05) is 6.08 Å². The lowest BCUT2D eigenvalue weighted by Crippen LogP contribution is -2.40. The Kier molecular flexibility index (Phi) is 5.18. The summed E-state index contributed by atoms with van der Waals surface area (Å²) in [4.78, 5) is 0. The van der Waals surface area contributed by atoms with Crippen LogP contribution in [0.5, 0.6) is 0 Å². The molecular formula is C9H18F2N2O. The Bertz CT molecular complexity index is 201. The first-order valence-corrected chi connectivity index (χ1v) is 4.34. The lowest BCUT2D eigenvalue weighted by atomic mass is 10.1. The number of halogens is 2. The Morgan fingerprint density at radius 2 is 2.07 bits per heavy atom. The minimum absolute atomic E-state index is 0.577. The molecule has 5 heteroatoms. The lowest BCUT2D eigenvalue weighted by molar-refractivity contribution is -0.000879. The Balaban J connectivity index is 4.58. The second-order valence-corrected chi connectivity index (χ2v) is 3.29. The van der Waals surface area contributed by atoms with Crippen LogP contribution in [-0.2, 0) is 4.74 Å². The van der Waals surface area contributed by atoms with Crippen LogP contribution in [0.15, 0.2) is 11.6 Å². The number of ether oxygens (including phenoxy) is 1. The average Bonchev–Trinajstić information content (AvgIpc) is 2.10. The van der Waals surface area contributed by atoms with Gasteiger partial charge >= 0.3 is 0 Å². The maximum absolute atomic E-state index is 12.9. The highest BCUT2D eigenvalue weighted by Gasteiger charge is 2.31. The van der Waals surface area contributed by atoms with E-state index in [1.54, 1.807) is 6.92 Å². The molecule has 0 aliphatic rings. The third kappa shape index (κ3) is 4.13. The predicted octanol–water partition coefficient (Wildman–Crippen LogP) is 1.11. The van der Waals surface area contributed by atoms with Gasteiger partial charge in [0.25, 0.3) is 5.92 Å². The molecule has 0 aromatic rings. The van der Waals surface area contributed by atoms with Gasteiger partial charge < -0.3 is 15.8 Å². The second kappa shape index (κ2) is 5.38. The van der Waals surface area contributed by atoms with E-state index in [2.05, 4.69) is 5.32 Å². The summed E-state index contributed by atoms with van der Waals surface area (Å²) in [7, 11) is 2.91. The van der Waals surface area contributed by atoms with Crippen LogP contribution in [0.25, 0.3) is 0 Å². The van der Waals surface area contributed by atoms with Gasteiger partial charge in [-0.25, -0.2) is 8.78 Å². The summed E-state index contributed by atoms with van der Waals surface area (Å²) in [6.45, 7) is 2.51. The van der Waals surface area contributed by atoms with E-state index in [0.29, 0.717) is 5.57 Å². The van der Waals surface area contributed by atoms with Crippen molar-refractivity contribution in [2.45, 2.75) is 32.0 Å². The molecule has 0 fully saturated rings. The van der Waals surface area contributed by atoms with Crippen molar-refractivity contribution >= 4 is 0 Å². The molecule has 0 aromatic carbocycles. The number of rotatable bonds is 5. The molecule has 0 heterocycles. The zero-order chi connectivity index (χ0) is 11.4. The van der Waals surface area contributed by atoms with Crippen molar-refractivity contribution in [3.63, 3.8) is 0 Å². The monoisotopic (exact) mass is 208 g/mol. The highest BCUT2D eigenvalue weighted by molar-refractivity contribution is 5.10. The molecule has 14 heavy (non-hydrogen) atoms. The van der Waals surface area contributed by atoms with Gasteiger partial charge in [0.05, 0.1) is 6.04 Å². The van der Waals surface area contributed by atoms with Gasteiger partial charge in [-0.15, -0.1) is 0 Å². The Hall–Kier alpha value is -0.520. The Morgan fingerprint density at radius 1 is 1.57 bits per heavy atom. The highest BCUT2D eigenvalue weighted by atomic mass is 19.3. The molecule has 0 rings (SSSR count). The fourth-order valence-corrected chi connectivity index (χ4v) is 1.03. The van der Waals surface area contributed by atoms with Gasteiger partial charge in [-0.05, 0) is 19.5 Å². The molecule has 0 radical (unpaired) electrons. The van der Waals surface area contributed by atoms with Gasteiger partial charge in [0.1, 0.15) is 6.23 Å². The molecule has 0 saturated carbocycles. The van der Waals surface area contributed by atoms with Crippen LogP contribution in [0.4, 0.5) is 8.78 Å². The normalized spacial score (nSPS) is 18.1. The zero-order valence-electron chi connectivity index (χ0n) is 8.97. The van der Waals surface area contributed by atoms with Gasteiger partial charge in [0.15, 0.2) is 0 Å². The van der Waals surface area contributed by atoms with E-state index in [0.717, 1.165) is 6.92 Å². The molecule has 0 aliphatic carbocycles. The molecule has 0 aliphatic heterocycles. The Labute approximate surface area is 83.3 Å². The predicted molar refractivity (Wildman–Crippen MR) is 52.2 cm³/mol. The summed E-state index contributed by atoms with van der Waals surface area (Å²) < 4.78 is 30.7. The third-order valence-electron chi connectivity index (χ3n) is 1.99. The minimum Gasteiger partial charge on any atom is -0.363 e. The number of nitrogens with one attached hydrogen (secondary N) is 1. The quantitative estimate of drug-likeness (QED) is 0.525. The van der Waals surface area contributed by atoms with Crippen LogP contribution >= 0.6 is 0 Å². The third-order valence-corrected chi connectivity index (χ3v) is 1.99. The van der Waals surface area contributed by atoms with Crippen molar-refractivity contribution in [2.24, 2.45) is 5.73 Å². The summed E-state index contributed by atoms with van der Waals surface area (Å²) in [5.74, 6) is -2.82. The van der Waals surface area contributed by atoms with Gasteiger partial charge in [-0.2, -0.15) is 0 Å². The fourth-order valence-electron chi connectivity index (χ4n) is 1.03. The molecule has 0 bridgehead atoms. The largest absolute Gasteiger partial charge is 0.363 e. The minimum atomic E-state index is -2.82. The summed E-state index contributed by atoms with van der Waals surface area (Å²) in [5.41, 5.74) is 6.08. The Morgan fingerprint density at radius 3 is 2.36 bits per heavy atom. The van der Waals surface area contributed by atoms with Crippen molar-refractivity contribution in [1.29, 1.82) is 0 Å². The van der Waals surface area contributed by atoms with Crippen LogP contribution < -0.4 is 11.1 Å². The highest BCUT2D eigenvalue weighted by Crippen LogP contribution is 2.19. The van der Waals surface area contributed by atoms with E-state index < -0.39 is 18.2 Å². The van der Waals surface area contributed by atoms with Crippen LogP contribution in [0.3, 0.4) is 0 Å². The number of methoxy groups -OCH3 is 1. The van der Waals surface area contributed by atoms with Gasteiger partial charge in [-0.3, -0.25) is 0 Å². The maximum Gasteiger partial charge on any atom is 0.263 e. The molecule has 0 amide bonds. The van der Waals surface area contributed by atoms with Crippen molar-refractivity contribution < 1.29 is 13.5 Å². The smallest absolute Gasteiger partial charge is 0.263 e. The van der Waals surface area contributed by atoms with Crippen molar-refractivity contribution in [2.75, 3.05) is 14.2 Å². The van der Waals surface area contributed by atoms with Crippen molar-refractivity contribution in [1.82, 2.24) is 5.32 Å². The molecule has 84 valence electrons. The standard InChI is InChI=1S/C9H18F2N2O/c1-6(8(12)14-4)5-7(13-3)9(2,10)11/h5,7-8,13H,12H2,1-4H3/b6-5+. The van der Waals surface area contributed by atoms with E-state index in [4.69, 9.17) is 10.5 Å². The lowest BCUT2D eigenvalue weighted by Gasteiger charge is -2.21. The topological polar surface area (TPSA) is 47.3 Å². The number of likely N-dealkylation sites (N-methyl/N-ethyl adjacent to an activating group) is 1. The molecule has 0 spiro atoms. The van der Waals surface area contributed by atoms with E-state index in [-0.39, 0.29) is 0 Å². The fraction of sp³-hybridized carbons (Fsp3) is 0.778. The molecule has 3 nitrogen and oxygen atoms in total. The first-order valence-electron chi connectivity index (χ1n) is 4.34. The van der Waals surface area contributed by atoms with Crippen LogP contribution in [-0.4, -0.2) is 32.3 Å². The molecule has 2 atom stereocenters. The van der Waals surface area contributed by atoms with Gasteiger partial charge in [0.2, 0.25) is 0 Å². The molecule has 2 unspecified atom stereocenters. The van der Waals surface area contributed by atoms with E-state index in [1.807, 2.05) is 0 Å². The maximum atomic E-state index is 12.9. The summed E-state index contributed by atoms with van der Waals surface area (Å²) >= 11 is 0. The number of hydrogen-bond donors (Lipinski definition) is 2. The van der Waals surface area contributed by atoms with Gasteiger partial charge in [0, 0.05) is 14.0 Å². The molecule has 0 saturated heterocycles. The van der Waals surface area contributed by atoms with Crippen LogP contribution in [0, 0.1) is 0 Å². The summed E-state index contributed by atoms with van der Waals surface area (Å²) in [6, 6.07) is -1.02. The first kappa shape index (κ1) is 13.5. The molecular weight excluding hydrogens is 190 g/mol. The van der Waals surface area contributed by atoms with Crippen LogP contribution in [0.1, 0.15) is 13.8 Å². The van der Waals surface area contributed by atoms with E-state index in [9.17, 15) is 8.78 Å². The average molecular weight is 208 g/mol. The summed E-state index contributed by atoms with van der Waals surface area (Å²) in [5, 5.41) is 2.51. The van der Waals surface area contributed by atoms with Crippen molar-refractivity contribution in [3.8, 4) is 0 Å². The van der Waals surface area contributed by atoms with Crippen LogP contribution in [0.2, 0.25) is 0 Å². The van der Waals surface area contributed by atoms with E-state index in [1.165, 1.54) is 20.2 Å². The zero-order valence-corrected chi connectivity index (χ0v) is 8.97. The number of alkyl halides is 2. The summed E-state index contributed by atoms with van der Waals surface area (Å²) in [6.07, 6.45) is 0.752. The second-order valence-electron chi connectivity index (χ2n) is 3.29. The molecule has 0 aromatic heterocycles. The number of hydrogen-bond acceptors (Lipinski definition) is 3. The molecule has 3 N–H and O–H groups in total. The first-order chi connectivity index (χ1) is 6.32. The number of nitrogens with two attached hydrogens (primary N) is 1. The van der Waals surface area contributed by atoms with E-state index >= 15 is 0 Å². The van der Waals surface area contributed by atoms with Crippen molar-refractivity contribution in [3.05, 3.63) is 11.6 Å².